The Morgan fingerprint density at radius 3 is 2.79 bits per heavy atom. The summed E-state index contributed by atoms with van der Waals surface area (Å²) >= 11 is 4.93. The van der Waals surface area contributed by atoms with Gasteiger partial charge in [-0.2, -0.15) is 0 Å². The third-order valence-electron chi connectivity index (χ3n) is 2.46. The van der Waals surface area contributed by atoms with E-state index in [4.69, 9.17) is 0 Å². The van der Waals surface area contributed by atoms with Crippen LogP contribution < -0.4 is 0 Å². The SMILES string of the molecule is COC(=O)CCCN(C)C(=O)/C=C/c1ccc(Br)s1. The average molecular weight is 346 g/mol. The summed E-state index contributed by atoms with van der Waals surface area (Å²) in [5, 5.41) is 0. The minimum atomic E-state index is -0.250. The molecule has 0 saturated heterocycles. The molecule has 0 aliphatic rings. The van der Waals surface area contributed by atoms with Crippen molar-refractivity contribution in [2.24, 2.45) is 0 Å². The van der Waals surface area contributed by atoms with Crippen molar-refractivity contribution >= 4 is 45.2 Å². The summed E-state index contributed by atoms with van der Waals surface area (Å²) in [7, 11) is 3.08. The molecule has 1 amide bonds. The van der Waals surface area contributed by atoms with Crippen LogP contribution in [0, 0.1) is 0 Å². The second-order valence-corrected chi connectivity index (χ2v) is 6.41. The van der Waals surface area contributed by atoms with Gasteiger partial charge in [-0.25, -0.2) is 0 Å². The number of amides is 1. The highest BCUT2D eigenvalue weighted by Gasteiger charge is 2.06. The van der Waals surface area contributed by atoms with E-state index < -0.39 is 0 Å². The lowest BCUT2D eigenvalue weighted by atomic mass is 10.3. The predicted octanol–water partition coefficient (Wildman–Crippen LogP) is 2.94. The van der Waals surface area contributed by atoms with Crippen molar-refractivity contribution in [2.45, 2.75) is 12.8 Å². The summed E-state index contributed by atoms with van der Waals surface area (Å²) in [6, 6.07) is 3.88. The molecule has 1 aromatic heterocycles. The van der Waals surface area contributed by atoms with Gasteiger partial charge in [0.25, 0.3) is 0 Å². The molecule has 19 heavy (non-hydrogen) atoms. The van der Waals surface area contributed by atoms with E-state index in [-0.39, 0.29) is 11.9 Å². The summed E-state index contributed by atoms with van der Waals surface area (Å²) in [5.74, 6) is -0.325. The van der Waals surface area contributed by atoms with Crippen LogP contribution in [0.5, 0.6) is 0 Å². The van der Waals surface area contributed by atoms with Gasteiger partial charge < -0.3 is 9.64 Å². The van der Waals surface area contributed by atoms with E-state index in [0.29, 0.717) is 19.4 Å². The highest BCUT2D eigenvalue weighted by atomic mass is 79.9. The summed E-state index contributed by atoms with van der Waals surface area (Å²) < 4.78 is 5.57. The average Bonchev–Trinajstić information content (AvgIpc) is 2.81. The molecule has 0 bridgehead atoms. The second kappa shape index (κ2) is 8.12. The van der Waals surface area contributed by atoms with Gasteiger partial charge in [-0.3, -0.25) is 9.59 Å². The van der Waals surface area contributed by atoms with Crippen LogP contribution in [0.3, 0.4) is 0 Å². The van der Waals surface area contributed by atoms with Crippen LogP contribution in [0.15, 0.2) is 22.0 Å². The minimum absolute atomic E-state index is 0.0746. The van der Waals surface area contributed by atoms with Crippen molar-refractivity contribution in [3.05, 3.63) is 26.9 Å². The van der Waals surface area contributed by atoms with E-state index in [1.807, 2.05) is 12.1 Å². The molecule has 4 nitrogen and oxygen atoms in total. The van der Waals surface area contributed by atoms with E-state index >= 15 is 0 Å². The number of methoxy groups -OCH3 is 1. The minimum Gasteiger partial charge on any atom is -0.469 e. The van der Waals surface area contributed by atoms with Gasteiger partial charge in [-0.15, -0.1) is 11.3 Å². The van der Waals surface area contributed by atoms with Gasteiger partial charge in [0, 0.05) is 31.0 Å². The summed E-state index contributed by atoms with van der Waals surface area (Å²) in [4.78, 5) is 25.3. The molecule has 0 radical (unpaired) electrons. The molecule has 0 saturated carbocycles. The maximum atomic E-state index is 11.8. The molecule has 0 aromatic carbocycles. The maximum Gasteiger partial charge on any atom is 0.305 e. The summed E-state index contributed by atoms with van der Waals surface area (Å²) in [5.41, 5.74) is 0. The molecule has 0 unspecified atom stereocenters. The highest BCUT2D eigenvalue weighted by Crippen LogP contribution is 2.22. The zero-order chi connectivity index (χ0) is 14.3. The fraction of sp³-hybridized carbons (Fsp3) is 0.385. The quantitative estimate of drug-likeness (QED) is 0.588. The number of carbonyl (C=O) groups is 2. The number of esters is 1. The molecule has 1 aromatic rings. The number of likely N-dealkylation sites (N-methyl/N-ethyl adjacent to an activating group) is 1. The van der Waals surface area contributed by atoms with E-state index in [0.717, 1.165) is 8.66 Å². The number of rotatable bonds is 6. The molecule has 0 N–H and O–H groups in total. The fourth-order valence-electron chi connectivity index (χ4n) is 1.37. The Bertz CT molecular complexity index is 470. The molecule has 1 heterocycles. The van der Waals surface area contributed by atoms with Crippen molar-refractivity contribution in [3.63, 3.8) is 0 Å². The van der Waals surface area contributed by atoms with Crippen molar-refractivity contribution in [2.75, 3.05) is 20.7 Å². The number of nitrogens with zero attached hydrogens (tertiary/aromatic N) is 1. The van der Waals surface area contributed by atoms with E-state index in [1.54, 1.807) is 29.4 Å². The van der Waals surface area contributed by atoms with E-state index in [2.05, 4.69) is 20.7 Å². The maximum absolute atomic E-state index is 11.8. The first-order chi connectivity index (χ1) is 9.02. The van der Waals surface area contributed by atoms with Gasteiger partial charge in [0.2, 0.25) is 5.91 Å². The number of thiophene rings is 1. The molecule has 0 aliphatic carbocycles. The number of hydrogen-bond donors (Lipinski definition) is 0. The largest absolute Gasteiger partial charge is 0.469 e. The molecule has 1 rings (SSSR count). The fourth-order valence-corrected chi connectivity index (χ4v) is 2.70. The van der Waals surface area contributed by atoms with Crippen LogP contribution in [-0.4, -0.2) is 37.5 Å². The standard InChI is InChI=1S/C13H16BrNO3S/c1-15(9-3-4-13(17)18-2)12(16)8-6-10-5-7-11(14)19-10/h5-8H,3-4,9H2,1-2H3/b8-6+. The zero-order valence-electron chi connectivity index (χ0n) is 10.9. The Morgan fingerprint density at radius 2 is 2.21 bits per heavy atom. The smallest absolute Gasteiger partial charge is 0.305 e. The summed E-state index contributed by atoms with van der Waals surface area (Å²) in [6.45, 7) is 0.534. The van der Waals surface area contributed by atoms with Crippen LogP contribution in [0.4, 0.5) is 0 Å². The predicted molar refractivity (Wildman–Crippen MR) is 79.9 cm³/mol. The van der Waals surface area contributed by atoms with Gasteiger partial charge in [0.05, 0.1) is 10.9 Å². The topological polar surface area (TPSA) is 46.6 Å². The van der Waals surface area contributed by atoms with Gasteiger partial charge >= 0.3 is 5.97 Å². The first-order valence-corrected chi connectivity index (χ1v) is 7.39. The molecule has 6 heteroatoms. The number of halogens is 1. The Balaban J connectivity index is 2.36. The molecule has 0 aliphatic heterocycles. The van der Waals surface area contributed by atoms with E-state index in [9.17, 15) is 9.59 Å². The first-order valence-electron chi connectivity index (χ1n) is 5.78. The molecule has 0 atom stereocenters. The van der Waals surface area contributed by atoms with Crippen molar-refractivity contribution < 1.29 is 14.3 Å². The van der Waals surface area contributed by atoms with Crippen LogP contribution >= 0.6 is 27.3 Å². The van der Waals surface area contributed by atoms with Crippen molar-refractivity contribution in [3.8, 4) is 0 Å². The van der Waals surface area contributed by atoms with Gasteiger partial charge in [0.15, 0.2) is 0 Å². The summed E-state index contributed by atoms with van der Waals surface area (Å²) in [6.07, 6.45) is 4.26. The van der Waals surface area contributed by atoms with Crippen molar-refractivity contribution in [1.82, 2.24) is 4.90 Å². The normalized spacial score (nSPS) is 10.7. The number of carbonyl (C=O) groups excluding carboxylic acids is 2. The van der Waals surface area contributed by atoms with Gasteiger partial charge in [0.1, 0.15) is 0 Å². The molecule has 104 valence electrons. The Labute approximate surface area is 125 Å². The third kappa shape index (κ3) is 6.02. The lowest BCUT2D eigenvalue weighted by Crippen LogP contribution is -2.26. The Kier molecular flexibility index (Phi) is 6.80. The molecule has 0 spiro atoms. The molecular formula is C13H16BrNO3S. The van der Waals surface area contributed by atoms with Crippen LogP contribution in [-0.2, 0) is 14.3 Å². The molecule has 0 fully saturated rings. The number of ether oxygens (including phenoxy) is 1. The lowest BCUT2D eigenvalue weighted by molar-refractivity contribution is -0.141. The van der Waals surface area contributed by atoms with Crippen molar-refractivity contribution in [1.29, 1.82) is 0 Å². The Hall–Kier alpha value is -1.14. The molecular weight excluding hydrogens is 330 g/mol. The lowest BCUT2D eigenvalue weighted by Gasteiger charge is -2.14. The zero-order valence-corrected chi connectivity index (χ0v) is 13.3. The second-order valence-electron chi connectivity index (χ2n) is 3.91. The monoisotopic (exact) mass is 345 g/mol. The third-order valence-corrected chi connectivity index (χ3v) is 4.05. The highest BCUT2D eigenvalue weighted by molar-refractivity contribution is 9.11. The number of hydrogen-bond acceptors (Lipinski definition) is 4. The van der Waals surface area contributed by atoms with Crippen LogP contribution in [0.1, 0.15) is 17.7 Å². The first kappa shape index (κ1) is 15.9. The van der Waals surface area contributed by atoms with Crippen LogP contribution in [0.25, 0.3) is 6.08 Å². The Morgan fingerprint density at radius 1 is 1.47 bits per heavy atom. The van der Waals surface area contributed by atoms with E-state index in [1.165, 1.54) is 13.2 Å². The van der Waals surface area contributed by atoms with Gasteiger partial charge in [-0.1, -0.05) is 0 Å². The van der Waals surface area contributed by atoms with Gasteiger partial charge in [-0.05, 0) is 40.6 Å². The van der Waals surface area contributed by atoms with Crippen LogP contribution in [0.2, 0.25) is 0 Å².